The van der Waals surface area contributed by atoms with Gasteiger partial charge in [-0.2, -0.15) is 5.10 Å². The van der Waals surface area contributed by atoms with Crippen molar-refractivity contribution in [2.45, 2.75) is 20.4 Å². The topological polar surface area (TPSA) is 130 Å². The van der Waals surface area contributed by atoms with Gasteiger partial charge in [0.15, 0.2) is 5.76 Å². The van der Waals surface area contributed by atoms with Gasteiger partial charge in [0, 0.05) is 11.8 Å². The Kier molecular flexibility index (Phi) is 5.66. The smallest absolute Gasteiger partial charge is 0.332 e. The molecule has 10 heteroatoms. The van der Waals surface area contributed by atoms with Crippen molar-refractivity contribution in [3.63, 3.8) is 0 Å². The van der Waals surface area contributed by atoms with E-state index >= 15 is 0 Å². The summed E-state index contributed by atoms with van der Waals surface area (Å²) in [6.07, 6.45) is 3.54. The second kappa shape index (κ2) is 7.90. The summed E-state index contributed by atoms with van der Waals surface area (Å²) in [5.41, 5.74) is 0.174. The Morgan fingerprint density at radius 2 is 2.24 bits per heavy atom. The highest BCUT2D eigenvalue weighted by atomic mass is 16.6. The zero-order chi connectivity index (χ0) is 18.4. The summed E-state index contributed by atoms with van der Waals surface area (Å²) in [6, 6.07) is 3.02. The van der Waals surface area contributed by atoms with Gasteiger partial charge in [0.2, 0.25) is 0 Å². The van der Waals surface area contributed by atoms with Gasteiger partial charge in [-0.05, 0) is 26.0 Å². The third-order valence-corrected chi connectivity index (χ3v) is 2.97. The number of esters is 1. The summed E-state index contributed by atoms with van der Waals surface area (Å²) in [5, 5.41) is 17.0. The number of hydrogen-bond acceptors (Lipinski definition) is 7. The Bertz CT molecular complexity index is 820. The number of nitro groups is 1. The summed E-state index contributed by atoms with van der Waals surface area (Å²) < 4.78 is 11.5. The number of amides is 1. The SMILES string of the molecule is CCOC(=O)/C=C(\C)NC(=O)c1ccc(Cn2cc([N+](=O)[O-])cn2)o1. The van der Waals surface area contributed by atoms with Crippen molar-refractivity contribution >= 4 is 17.6 Å². The lowest BCUT2D eigenvalue weighted by Crippen LogP contribution is -2.21. The first-order valence-corrected chi connectivity index (χ1v) is 7.31. The van der Waals surface area contributed by atoms with Gasteiger partial charge in [0.1, 0.15) is 18.2 Å². The van der Waals surface area contributed by atoms with E-state index in [1.54, 1.807) is 19.9 Å². The van der Waals surface area contributed by atoms with Crippen LogP contribution >= 0.6 is 0 Å². The normalized spacial score (nSPS) is 11.2. The van der Waals surface area contributed by atoms with Crippen LogP contribution in [0.1, 0.15) is 30.2 Å². The maximum atomic E-state index is 12.0. The zero-order valence-electron chi connectivity index (χ0n) is 13.6. The predicted octanol–water partition coefficient (Wildman–Crippen LogP) is 1.63. The molecule has 0 fully saturated rings. The number of rotatable bonds is 7. The number of carbonyl (C=O) groups excluding carboxylic acids is 2. The average molecular weight is 348 g/mol. The molecule has 0 bridgehead atoms. The highest BCUT2D eigenvalue weighted by molar-refractivity contribution is 5.93. The second-order valence-corrected chi connectivity index (χ2v) is 4.95. The first kappa shape index (κ1) is 17.9. The van der Waals surface area contributed by atoms with E-state index in [4.69, 9.17) is 9.15 Å². The molecule has 0 aliphatic heterocycles. The standard InChI is InChI=1S/C15H16N4O6/c1-3-24-14(20)6-10(2)17-15(21)13-5-4-12(25-13)9-18-8-11(7-16-18)19(22)23/h4-8H,3,9H2,1-2H3,(H,17,21)/b10-6+. The third-order valence-electron chi connectivity index (χ3n) is 2.97. The van der Waals surface area contributed by atoms with Crippen LogP contribution in [0.3, 0.4) is 0 Å². The molecule has 2 heterocycles. The molecular formula is C15H16N4O6. The molecule has 1 amide bonds. The number of aromatic nitrogens is 2. The van der Waals surface area contributed by atoms with Crippen molar-refractivity contribution in [1.82, 2.24) is 15.1 Å². The van der Waals surface area contributed by atoms with E-state index in [2.05, 4.69) is 10.4 Å². The fourth-order valence-electron chi connectivity index (χ4n) is 1.92. The molecule has 0 aromatic carbocycles. The van der Waals surface area contributed by atoms with Gasteiger partial charge < -0.3 is 14.5 Å². The lowest BCUT2D eigenvalue weighted by Gasteiger charge is -2.03. The van der Waals surface area contributed by atoms with Crippen LogP contribution in [-0.4, -0.2) is 33.2 Å². The van der Waals surface area contributed by atoms with E-state index in [-0.39, 0.29) is 24.6 Å². The van der Waals surface area contributed by atoms with Crippen molar-refractivity contribution in [2.75, 3.05) is 6.61 Å². The molecule has 0 radical (unpaired) electrons. The summed E-state index contributed by atoms with van der Waals surface area (Å²) >= 11 is 0. The van der Waals surface area contributed by atoms with Crippen LogP contribution in [0.15, 0.2) is 40.7 Å². The molecule has 2 aromatic rings. The Hall–Kier alpha value is -3.43. The first-order valence-electron chi connectivity index (χ1n) is 7.31. The van der Waals surface area contributed by atoms with Gasteiger partial charge in [0.05, 0.1) is 18.1 Å². The van der Waals surface area contributed by atoms with Crippen LogP contribution in [0, 0.1) is 10.1 Å². The molecule has 0 spiro atoms. The molecule has 0 saturated heterocycles. The molecule has 10 nitrogen and oxygen atoms in total. The highest BCUT2D eigenvalue weighted by Crippen LogP contribution is 2.13. The monoisotopic (exact) mass is 348 g/mol. The van der Waals surface area contributed by atoms with Gasteiger partial charge in [-0.1, -0.05) is 0 Å². The Morgan fingerprint density at radius 3 is 2.88 bits per heavy atom. The number of nitrogens with zero attached hydrogens (tertiary/aromatic N) is 3. The summed E-state index contributed by atoms with van der Waals surface area (Å²) in [4.78, 5) is 33.4. The molecule has 0 unspecified atom stereocenters. The van der Waals surface area contributed by atoms with Crippen LogP contribution < -0.4 is 5.32 Å². The molecule has 25 heavy (non-hydrogen) atoms. The van der Waals surface area contributed by atoms with E-state index in [0.29, 0.717) is 11.5 Å². The van der Waals surface area contributed by atoms with E-state index in [9.17, 15) is 19.7 Å². The summed E-state index contributed by atoms with van der Waals surface area (Å²) in [5.74, 6) is -0.653. The molecule has 0 saturated carbocycles. The molecule has 1 N–H and O–H groups in total. The van der Waals surface area contributed by atoms with Gasteiger partial charge >= 0.3 is 11.7 Å². The third kappa shape index (κ3) is 5.03. The number of allylic oxidation sites excluding steroid dienone is 1. The average Bonchev–Trinajstić information content (AvgIpc) is 3.17. The number of hydrogen-bond donors (Lipinski definition) is 1. The molecule has 0 atom stereocenters. The van der Waals surface area contributed by atoms with Crippen molar-refractivity contribution in [3.05, 3.63) is 57.9 Å². The highest BCUT2D eigenvalue weighted by Gasteiger charge is 2.14. The number of ether oxygens (including phenoxy) is 1. The minimum atomic E-state index is -0.555. The van der Waals surface area contributed by atoms with Crippen LogP contribution in [0.2, 0.25) is 0 Å². The van der Waals surface area contributed by atoms with E-state index in [1.165, 1.54) is 16.9 Å². The molecule has 2 rings (SSSR count). The zero-order valence-corrected chi connectivity index (χ0v) is 13.6. The minimum Gasteiger partial charge on any atom is -0.463 e. The predicted molar refractivity (Wildman–Crippen MR) is 84.5 cm³/mol. The van der Waals surface area contributed by atoms with Crippen molar-refractivity contribution < 1.29 is 23.7 Å². The van der Waals surface area contributed by atoms with Gasteiger partial charge in [-0.3, -0.25) is 19.6 Å². The van der Waals surface area contributed by atoms with Crippen LogP contribution in [0.5, 0.6) is 0 Å². The molecule has 0 aliphatic carbocycles. The van der Waals surface area contributed by atoms with E-state index in [0.717, 1.165) is 12.3 Å². The van der Waals surface area contributed by atoms with Gasteiger partial charge in [-0.15, -0.1) is 0 Å². The largest absolute Gasteiger partial charge is 0.463 e. The quantitative estimate of drug-likeness (QED) is 0.348. The number of furan rings is 1. The molecular weight excluding hydrogens is 332 g/mol. The first-order chi connectivity index (χ1) is 11.9. The molecule has 0 aliphatic rings. The Labute approximate surface area is 142 Å². The fourth-order valence-corrected chi connectivity index (χ4v) is 1.92. The maximum Gasteiger partial charge on any atom is 0.332 e. The van der Waals surface area contributed by atoms with Crippen molar-refractivity contribution in [1.29, 1.82) is 0 Å². The van der Waals surface area contributed by atoms with Crippen LogP contribution in [0.4, 0.5) is 5.69 Å². The summed E-state index contributed by atoms with van der Waals surface area (Å²) in [6.45, 7) is 3.60. The summed E-state index contributed by atoms with van der Waals surface area (Å²) in [7, 11) is 0. The van der Waals surface area contributed by atoms with Gasteiger partial charge in [-0.25, -0.2) is 4.79 Å². The maximum absolute atomic E-state index is 12.0. The lowest BCUT2D eigenvalue weighted by molar-refractivity contribution is -0.385. The Balaban J connectivity index is 1.98. The fraction of sp³-hybridized carbons (Fsp3) is 0.267. The lowest BCUT2D eigenvalue weighted by atomic mass is 10.3. The molecule has 132 valence electrons. The van der Waals surface area contributed by atoms with Crippen LogP contribution in [0.25, 0.3) is 0 Å². The van der Waals surface area contributed by atoms with Crippen LogP contribution in [-0.2, 0) is 16.1 Å². The van der Waals surface area contributed by atoms with Gasteiger partial charge in [0.25, 0.3) is 5.91 Å². The molecule has 2 aromatic heterocycles. The number of carbonyl (C=O) groups is 2. The van der Waals surface area contributed by atoms with Crippen molar-refractivity contribution in [3.8, 4) is 0 Å². The van der Waals surface area contributed by atoms with E-state index < -0.39 is 16.8 Å². The van der Waals surface area contributed by atoms with Crippen molar-refractivity contribution in [2.24, 2.45) is 0 Å². The number of nitrogens with one attached hydrogen (secondary N) is 1. The van der Waals surface area contributed by atoms with E-state index in [1.807, 2.05) is 0 Å². The minimum absolute atomic E-state index is 0.0354. The Morgan fingerprint density at radius 1 is 1.48 bits per heavy atom. The second-order valence-electron chi connectivity index (χ2n) is 4.95.